The Morgan fingerprint density at radius 2 is 1.89 bits per heavy atom. The zero-order valence-electron chi connectivity index (χ0n) is 14.7. The largest absolute Gasteiger partial charge is 0.327 e. The molecule has 0 radical (unpaired) electrons. The van der Waals surface area contributed by atoms with Crippen molar-refractivity contribution in [3.63, 3.8) is 0 Å². The van der Waals surface area contributed by atoms with E-state index < -0.39 is 21.7 Å². The van der Waals surface area contributed by atoms with Gasteiger partial charge >= 0.3 is 0 Å². The first-order valence-electron chi connectivity index (χ1n) is 8.62. The van der Waals surface area contributed by atoms with Crippen LogP contribution < -0.4 is 9.62 Å². The van der Waals surface area contributed by atoms with Crippen LogP contribution in [0.4, 0.5) is 15.8 Å². The first kappa shape index (κ1) is 18.2. The van der Waals surface area contributed by atoms with Gasteiger partial charge in [0.1, 0.15) is 12.4 Å². The molecule has 0 bridgehead atoms. The lowest BCUT2D eigenvalue weighted by Crippen LogP contribution is -2.29. The third-order valence-electron chi connectivity index (χ3n) is 4.48. The second kappa shape index (κ2) is 7.08. The van der Waals surface area contributed by atoms with Gasteiger partial charge in [0.2, 0.25) is 5.91 Å². The summed E-state index contributed by atoms with van der Waals surface area (Å²) >= 11 is 0. The molecule has 0 fully saturated rings. The van der Waals surface area contributed by atoms with Crippen molar-refractivity contribution in [3.8, 4) is 0 Å². The number of amides is 1. The molecule has 0 atom stereocenters. The molecule has 9 heteroatoms. The molecule has 0 saturated carbocycles. The summed E-state index contributed by atoms with van der Waals surface area (Å²) in [6.45, 7) is 0.162. The number of nitrogens with zero attached hydrogens (tertiary/aromatic N) is 3. The van der Waals surface area contributed by atoms with Crippen LogP contribution >= 0.6 is 0 Å². The fraction of sp³-hybridized carbons (Fsp3) is 0.158. The Morgan fingerprint density at radius 3 is 2.71 bits per heavy atom. The second-order valence-corrected chi connectivity index (χ2v) is 8.18. The van der Waals surface area contributed by atoms with Crippen LogP contribution in [0.5, 0.6) is 0 Å². The second-order valence-electron chi connectivity index (χ2n) is 6.37. The Morgan fingerprint density at radius 1 is 1.14 bits per heavy atom. The number of hydrogen-bond acceptors (Lipinski definition) is 4. The topological polar surface area (TPSA) is 84.3 Å². The van der Waals surface area contributed by atoms with Crippen molar-refractivity contribution in [3.05, 3.63) is 72.4 Å². The predicted octanol–water partition coefficient (Wildman–Crippen LogP) is 2.41. The van der Waals surface area contributed by atoms with Gasteiger partial charge in [0.25, 0.3) is 10.0 Å². The number of para-hydroxylation sites is 2. The number of benzene rings is 2. The van der Waals surface area contributed by atoms with Gasteiger partial charge in [0.05, 0.1) is 17.7 Å². The van der Waals surface area contributed by atoms with Crippen LogP contribution in [0.2, 0.25) is 0 Å². The van der Waals surface area contributed by atoms with Gasteiger partial charge in [0.15, 0.2) is 5.03 Å². The van der Waals surface area contributed by atoms with Gasteiger partial charge in [-0.2, -0.15) is 8.42 Å². The molecule has 1 amide bonds. The molecule has 1 aromatic heterocycles. The van der Waals surface area contributed by atoms with Gasteiger partial charge in [-0.15, -0.1) is 0 Å². The van der Waals surface area contributed by atoms with Crippen LogP contribution in [0.3, 0.4) is 0 Å². The van der Waals surface area contributed by atoms with E-state index in [1.165, 1.54) is 39.6 Å². The van der Waals surface area contributed by atoms with E-state index >= 15 is 0 Å². The van der Waals surface area contributed by atoms with Gasteiger partial charge in [-0.1, -0.05) is 30.3 Å². The number of sulfonamides is 1. The monoisotopic (exact) mass is 400 g/mol. The fourth-order valence-electron chi connectivity index (χ4n) is 3.15. The molecule has 1 aliphatic heterocycles. The molecule has 1 N–H and O–H groups in total. The Labute approximate surface area is 161 Å². The number of carbonyl (C=O) groups excluding carboxylic acids is 1. The summed E-state index contributed by atoms with van der Waals surface area (Å²) < 4.78 is 42.2. The van der Waals surface area contributed by atoms with E-state index in [1.807, 2.05) is 12.1 Å². The SMILES string of the molecule is O=C(Cn1cnc(S(=O)(=O)N2CCc3ccccc32)c1)Nc1ccccc1F. The van der Waals surface area contributed by atoms with Crippen LogP contribution in [0, 0.1) is 5.82 Å². The number of hydrogen-bond donors (Lipinski definition) is 1. The highest BCUT2D eigenvalue weighted by molar-refractivity contribution is 7.92. The first-order valence-corrected chi connectivity index (χ1v) is 10.1. The summed E-state index contributed by atoms with van der Waals surface area (Å²) in [6, 6.07) is 13.1. The van der Waals surface area contributed by atoms with Crippen molar-refractivity contribution in [2.45, 2.75) is 18.0 Å². The summed E-state index contributed by atoms with van der Waals surface area (Å²) in [5.74, 6) is -1.03. The normalized spacial score (nSPS) is 13.4. The summed E-state index contributed by atoms with van der Waals surface area (Å²) in [5, 5.41) is 2.32. The summed E-state index contributed by atoms with van der Waals surface area (Å²) in [6.07, 6.45) is 3.22. The maximum Gasteiger partial charge on any atom is 0.283 e. The van der Waals surface area contributed by atoms with E-state index in [4.69, 9.17) is 0 Å². The van der Waals surface area contributed by atoms with Gasteiger partial charge in [-0.3, -0.25) is 9.10 Å². The average Bonchev–Trinajstić information content (AvgIpc) is 3.31. The van der Waals surface area contributed by atoms with Gasteiger partial charge in [-0.05, 0) is 30.2 Å². The number of nitrogens with one attached hydrogen (secondary N) is 1. The third kappa shape index (κ3) is 3.36. The Hall–Kier alpha value is -3.20. The molecule has 2 heterocycles. The average molecular weight is 400 g/mol. The molecule has 2 aromatic carbocycles. The summed E-state index contributed by atoms with van der Waals surface area (Å²) in [5.41, 5.74) is 1.68. The Balaban J connectivity index is 1.50. The molecule has 7 nitrogen and oxygen atoms in total. The van der Waals surface area contributed by atoms with E-state index in [2.05, 4.69) is 10.3 Å². The molecule has 28 heavy (non-hydrogen) atoms. The molecule has 3 aromatic rings. The Bertz CT molecular complexity index is 1140. The van der Waals surface area contributed by atoms with Gasteiger partial charge in [-0.25, -0.2) is 9.37 Å². The van der Waals surface area contributed by atoms with Crippen molar-refractivity contribution in [1.82, 2.24) is 9.55 Å². The van der Waals surface area contributed by atoms with E-state index in [-0.39, 0.29) is 17.3 Å². The zero-order chi connectivity index (χ0) is 19.7. The first-order chi connectivity index (χ1) is 13.4. The van der Waals surface area contributed by atoms with Crippen LogP contribution in [0.15, 0.2) is 66.1 Å². The maximum atomic E-state index is 13.6. The number of imidazole rings is 1. The standard InChI is InChI=1S/C19H17FN4O3S/c20-15-6-2-3-7-16(15)22-18(25)11-23-12-19(21-13-23)28(26,27)24-10-9-14-5-1-4-8-17(14)24/h1-8,12-13H,9-11H2,(H,22,25). The lowest BCUT2D eigenvalue weighted by molar-refractivity contribution is -0.116. The molecule has 4 rings (SSSR count). The highest BCUT2D eigenvalue weighted by Gasteiger charge is 2.32. The van der Waals surface area contributed by atoms with Crippen LogP contribution in [-0.4, -0.2) is 30.4 Å². The quantitative estimate of drug-likeness (QED) is 0.713. The third-order valence-corrected chi connectivity index (χ3v) is 6.18. The summed E-state index contributed by atoms with van der Waals surface area (Å²) in [4.78, 5) is 16.1. The molecule has 0 aliphatic carbocycles. The van der Waals surface area contributed by atoms with E-state index in [1.54, 1.807) is 18.2 Å². The number of aromatic nitrogens is 2. The minimum absolute atomic E-state index is 0.0640. The van der Waals surface area contributed by atoms with Crippen molar-refractivity contribution >= 4 is 27.3 Å². The molecular formula is C19H17FN4O3S. The van der Waals surface area contributed by atoms with Gasteiger partial charge < -0.3 is 9.88 Å². The Kier molecular flexibility index (Phi) is 4.60. The zero-order valence-corrected chi connectivity index (χ0v) is 15.6. The van der Waals surface area contributed by atoms with Crippen LogP contribution in [-0.2, 0) is 27.8 Å². The number of halogens is 1. The minimum atomic E-state index is -3.82. The van der Waals surface area contributed by atoms with E-state index in [9.17, 15) is 17.6 Å². The lowest BCUT2D eigenvalue weighted by Gasteiger charge is -2.17. The molecule has 1 aliphatic rings. The molecule has 0 saturated heterocycles. The predicted molar refractivity (Wildman–Crippen MR) is 102 cm³/mol. The smallest absolute Gasteiger partial charge is 0.283 e. The minimum Gasteiger partial charge on any atom is -0.327 e. The number of rotatable bonds is 5. The maximum absolute atomic E-state index is 13.6. The summed E-state index contributed by atoms with van der Waals surface area (Å²) in [7, 11) is -3.82. The fourth-order valence-corrected chi connectivity index (χ4v) is 4.59. The van der Waals surface area contributed by atoms with E-state index in [0.717, 1.165) is 5.56 Å². The van der Waals surface area contributed by atoms with Crippen molar-refractivity contribution in [2.75, 3.05) is 16.2 Å². The highest BCUT2D eigenvalue weighted by atomic mass is 32.2. The van der Waals surface area contributed by atoms with Crippen LogP contribution in [0.1, 0.15) is 5.56 Å². The number of carbonyl (C=O) groups is 1. The molecule has 144 valence electrons. The highest BCUT2D eigenvalue weighted by Crippen LogP contribution is 2.32. The lowest BCUT2D eigenvalue weighted by atomic mass is 10.2. The van der Waals surface area contributed by atoms with Crippen molar-refractivity contribution in [2.24, 2.45) is 0 Å². The number of fused-ring (bicyclic) bond motifs is 1. The molecule has 0 spiro atoms. The van der Waals surface area contributed by atoms with Crippen molar-refractivity contribution < 1.29 is 17.6 Å². The van der Waals surface area contributed by atoms with Gasteiger partial charge in [0, 0.05) is 12.7 Å². The van der Waals surface area contributed by atoms with Crippen LogP contribution in [0.25, 0.3) is 0 Å². The molecule has 0 unspecified atom stereocenters. The number of anilines is 2. The van der Waals surface area contributed by atoms with Crippen molar-refractivity contribution in [1.29, 1.82) is 0 Å². The van der Waals surface area contributed by atoms with E-state index in [0.29, 0.717) is 18.7 Å². The molecular weight excluding hydrogens is 383 g/mol.